The Morgan fingerprint density at radius 2 is 1.94 bits per heavy atom. The normalized spacial score (nSPS) is 18.1. The second kappa shape index (κ2) is 8.80. The molecule has 3 aromatic rings. The molecule has 1 aliphatic rings. The van der Waals surface area contributed by atoms with Crippen molar-refractivity contribution in [2.75, 3.05) is 18.6 Å². The van der Waals surface area contributed by atoms with Crippen LogP contribution < -0.4 is 14.4 Å². The molecule has 8 nitrogen and oxygen atoms in total. The van der Waals surface area contributed by atoms with Gasteiger partial charge in [-0.2, -0.15) is 0 Å². The first-order valence-electron chi connectivity index (χ1n) is 9.87. The molecule has 1 aromatic heterocycles. The molecule has 1 saturated heterocycles. The summed E-state index contributed by atoms with van der Waals surface area (Å²) in [5.41, 5.74) is 0.759. The van der Waals surface area contributed by atoms with Gasteiger partial charge in [0, 0.05) is 17.1 Å². The summed E-state index contributed by atoms with van der Waals surface area (Å²) < 4.78 is 10.6. The van der Waals surface area contributed by atoms with Crippen molar-refractivity contribution in [3.63, 3.8) is 0 Å². The molecule has 9 heteroatoms. The van der Waals surface area contributed by atoms with Gasteiger partial charge in [0.15, 0.2) is 22.4 Å². The number of ether oxygens (including phenoxy) is 2. The van der Waals surface area contributed by atoms with Gasteiger partial charge in [0.25, 0.3) is 5.91 Å². The Hall–Kier alpha value is -3.72. The van der Waals surface area contributed by atoms with Crippen LogP contribution in [0.5, 0.6) is 17.2 Å². The molecule has 0 saturated carbocycles. The van der Waals surface area contributed by atoms with E-state index in [1.54, 1.807) is 35.7 Å². The Morgan fingerprint density at radius 1 is 1.19 bits per heavy atom. The lowest BCUT2D eigenvalue weighted by atomic mass is 9.86. The van der Waals surface area contributed by atoms with Crippen molar-refractivity contribution in [2.45, 2.75) is 13.0 Å². The van der Waals surface area contributed by atoms with Gasteiger partial charge in [-0.05, 0) is 48.9 Å². The van der Waals surface area contributed by atoms with Gasteiger partial charge in [-0.15, -0.1) is 11.3 Å². The summed E-state index contributed by atoms with van der Waals surface area (Å²) in [6.45, 7) is 2.34. The molecule has 0 aliphatic carbocycles. The lowest BCUT2D eigenvalue weighted by Gasteiger charge is -2.25. The smallest absolute Gasteiger partial charge is 0.297 e. The van der Waals surface area contributed by atoms with Crippen LogP contribution in [-0.2, 0) is 9.59 Å². The Bertz CT molecular complexity index is 1160. The van der Waals surface area contributed by atoms with E-state index in [2.05, 4.69) is 4.98 Å². The lowest BCUT2D eigenvalue weighted by Crippen LogP contribution is -2.30. The molecule has 2 heterocycles. The first kappa shape index (κ1) is 21.5. The number of phenols is 1. The van der Waals surface area contributed by atoms with Gasteiger partial charge >= 0.3 is 0 Å². The lowest BCUT2D eigenvalue weighted by molar-refractivity contribution is -0.135. The Morgan fingerprint density at radius 3 is 2.56 bits per heavy atom. The van der Waals surface area contributed by atoms with Crippen molar-refractivity contribution in [3.8, 4) is 17.2 Å². The number of aromatic nitrogens is 1. The van der Waals surface area contributed by atoms with Gasteiger partial charge in [-0.1, -0.05) is 6.07 Å². The van der Waals surface area contributed by atoms with Crippen LogP contribution in [0.2, 0.25) is 0 Å². The van der Waals surface area contributed by atoms with Crippen molar-refractivity contribution in [1.82, 2.24) is 4.98 Å². The number of anilines is 1. The van der Waals surface area contributed by atoms with Gasteiger partial charge in [0.1, 0.15) is 11.7 Å². The van der Waals surface area contributed by atoms with Crippen LogP contribution in [0.15, 0.2) is 54.0 Å². The number of benzene rings is 2. The highest BCUT2D eigenvalue weighted by atomic mass is 32.1. The number of phenolic OH excluding ortho intramolecular Hbond substituents is 1. The number of rotatable bonds is 7. The number of hydrogen-bond donors (Lipinski definition) is 1. The quantitative estimate of drug-likeness (QED) is 0.333. The maximum absolute atomic E-state index is 13.5. The molecular weight excluding hydrogens is 432 g/mol. The molecule has 0 bridgehead atoms. The van der Waals surface area contributed by atoms with Crippen molar-refractivity contribution in [3.05, 3.63) is 65.2 Å². The van der Waals surface area contributed by atoms with Crippen LogP contribution in [0.1, 0.15) is 28.9 Å². The number of aromatic hydroxyl groups is 1. The summed E-state index contributed by atoms with van der Waals surface area (Å²) in [7, 11) is 1.39. The van der Waals surface area contributed by atoms with Crippen LogP contribution in [0.3, 0.4) is 0 Å². The van der Waals surface area contributed by atoms with E-state index >= 15 is 0 Å². The van der Waals surface area contributed by atoms with E-state index in [0.717, 1.165) is 0 Å². The minimum Gasteiger partial charge on any atom is -0.504 e. The molecule has 1 fully saturated rings. The van der Waals surface area contributed by atoms with Crippen LogP contribution >= 0.6 is 11.3 Å². The van der Waals surface area contributed by atoms with Gasteiger partial charge in [0.05, 0.1) is 19.8 Å². The highest BCUT2D eigenvalue weighted by Crippen LogP contribution is 2.43. The first-order chi connectivity index (χ1) is 15.5. The number of carbonyl (C=O) groups is 3. The number of thiazole rings is 1. The largest absolute Gasteiger partial charge is 0.504 e. The third-order valence-corrected chi connectivity index (χ3v) is 5.98. The van der Waals surface area contributed by atoms with Crippen LogP contribution in [-0.4, -0.2) is 41.3 Å². The van der Waals surface area contributed by atoms with E-state index in [9.17, 15) is 19.5 Å². The Labute approximate surface area is 188 Å². The molecule has 0 spiro atoms. The van der Waals surface area contributed by atoms with Crippen molar-refractivity contribution in [2.24, 2.45) is 5.92 Å². The van der Waals surface area contributed by atoms with Gasteiger partial charge in [-0.3, -0.25) is 19.3 Å². The summed E-state index contributed by atoms with van der Waals surface area (Å²) in [5, 5.41) is 12.0. The molecule has 2 atom stereocenters. The van der Waals surface area contributed by atoms with Crippen molar-refractivity contribution < 1.29 is 29.0 Å². The maximum atomic E-state index is 13.5. The van der Waals surface area contributed by atoms with Gasteiger partial charge in [0.2, 0.25) is 5.78 Å². The number of ketones is 2. The predicted octanol–water partition coefficient (Wildman–Crippen LogP) is 3.41. The molecule has 1 aliphatic heterocycles. The first-order valence-corrected chi connectivity index (χ1v) is 10.7. The summed E-state index contributed by atoms with van der Waals surface area (Å²) >= 11 is 1.19. The van der Waals surface area contributed by atoms with Crippen molar-refractivity contribution in [1.29, 1.82) is 0 Å². The van der Waals surface area contributed by atoms with E-state index in [-0.39, 0.29) is 17.1 Å². The highest BCUT2D eigenvalue weighted by molar-refractivity contribution is 7.14. The van der Waals surface area contributed by atoms with E-state index in [0.29, 0.717) is 23.1 Å². The van der Waals surface area contributed by atoms with E-state index < -0.39 is 29.4 Å². The predicted molar refractivity (Wildman–Crippen MR) is 117 cm³/mol. The number of amides is 1. The molecule has 1 amide bonds. The SMILES string of the molecule is CCOc1ccc(C(=O)C2C(=O)C(=O)N(c3nccs3)C2c2ccc(O)c(OC)c2)cc1. The minimum atomic E-state index is -1.28. The maximum Gasteiger partial charge on any atom is 0.297 e. The fraction of sp³-hybridized carbons (Fsp3) is 0.217. The summed E-state index contributed by atoms with van der Waals surface area (Å²) in [6.07, 6.45) is 1.52. The zero-order chi connectivity index (χ0) is 22.8. The number of carbonyl (C=O) groups excluding carboxylic acids is 3. The van der Waals surface area contributed by atoms with Crippen molar-refractivity contribution >= 4 is 33.9 Å². The Balaban J connectivity index is 1.80. The standard InChI is InChI=1S/C23H20N2O6S/c1-3-31-15-7-4-13(5-8-15)20(27)18-19(14-6-9-16(26)17(12-14)30-2)25(22(29)21(18)28)23-24-10-11-32-23/h4-12,18-19,26H,3H2,1-2H3. The van der Waals surface area contributed by atoms with E-state index in [1.807, 2.05) is 6.92 Å². The zero-order valence-corrected chi connectivity index (χ0v) is 18.2. The van der Waals surface area contributed by atoms with Crippen LogP contribution in [0, 0.1) is 5.92 Å². The number of methoxy groups -OCH3 is 1. The molecule has 32 heavy (non-hydrogen) atoms. The number of hydrogen-bond acceptors (Lipinski definition) is 8. The summed E-state index contributed by atoms with van der Waals surface area (Å²) in [5.74, 6) is -2.71. The molecule has 2 unspecified atom stereocenters. The molecule has 4 rings (SSSR count). The molecule has 0 radical (unpaired) electrons. The third kappa shape index (κ3) is 3.71. The summed E-state index contributed by atoms with van der Waals surface area (Å²) in [6, 6.07) is 9.99. The third-order valence-electron chi connectivity index (χ3n) is 5.21. The van der Waals surface area contributed by atoms with E-state index in [1.165, 1.54) is 41.7 Å². The Kier molecular flexibility index (Phi) is 5.91. The molecule has 1 N–H and O–H groups in total. The fourth-order valence-electron chi connectivity index (χ4n) is 3.76. The van der Waals surface area contributed by atoms with Gasteiger partial charge < -0.3 is 14.6 Å². The van der Waals surface area contributed by atoms with Crippen LogP contribution in [0.4, 0.5) is 5.13 Å². The topological polar surface area (TPSA) is 106 Å². The minimum absolute atomic E-state index is 0.0953. The second-order valence-electron chi connectivity index (χ2n) is 7.03. The van der Waals surface area contributed by atoms with Gasteiger partial charge in [-0.25, -0.2) is 4.98 Å². The average molecular weight is 452 g/mol. The monoisotopic (exact) mass is 452 g/mol. The molecular formula is C23H20N2O6S. The second-order valence-corrected chi connectivity index (χ2v) is 7.90. The van der Waals surface area contributed by atoms with Crippen LogP contribution in [0.25, 0.3) is 0 Å². The highest BCUT2D eigenvalue weighted by Gasteiger charge is 2.53. The fourth-order valence-corrected chi connectivity index (χ4v) is 4.43. The van der Waals surface area contributed by atoms with E-state index in [4.69, 9.17) is 9.47 Å². The number of Topliss-reactive ketones (excluding diaryl/α,β-unsaturated/α-hetero) is 2. The zero-order valence-electron chi connectivity index (χ0n) is 17.3. The number of nitrogens with zero attached hydrogens (tertiary/aromatic N) is 2. The molecule has 164 valence electrons. The molecule has 2 aromatic carbocycles. The summed E-state index contributed by atoms with van der Waals surface area (Å²) in [4.78, 5) is 44.9. The average Bonchev–Trinajstić information content (AvgIpc) is 3.41.